The molecular formula is C12H23NO3S. The first kappa shape index (κ1) is 14.8. The van der Waals surface area contributed by atoms with Gasteiger partial charge in [-0.2, -0.15) is 11.8 Å². The van der Waals surface area contributed by atoms with Crippen molar-refractivity contribution in [3.05, 3.63) is 0 Å². The molecule has 1 rings (SSSR count). The summed E-state index contributed by atoms with van der Waals surface area (Å²) in [6.07, 6.45) is 1.65. The quantitative estimate of drug-likeness (QED) is 0.527. The average Bonchev–Trinajstić information content (AvgIpc) is 2.86. The zero-order chi connectivity index (χ0) is 12.5. The molecule has 17 heavy (non-hydrogen) atoms. The molecule has 1 heterocycles. The summed E-state index contributed by atoms with van der Waals surface area (Å²) in [6, 6.07) is 0.505. The predicted molar refractivity (Wildman–Crippen MR) is 70.3 cm³/mol. The van der Waals surface area contributed by atoms with Gasteiger partial charge in [0.15, 0.2) is 0 Å². The topological polar surface area (TPSA) is 47.6 Å². The Kier molecular flexibility index (Phi) is 7.64. The number of nitrogens with one attached hydrogen (secondary N) is 1. The Hall–Kier alpha value is -0.260. The lowest BCUT2D eigenvalue weighted by Gasteiger charge is -2.22. The van der Waals surface area contributed by atoms with Gasteiger partial charge in [-0.05, 0) is 13.0 Å². The van der Waals surface area contributed by atoms with E-state index in [1.165, 1.54) is 7.11 Å². The molecule has 0 aromatic carbocycles. The number of methoxy groups -OCH3 is 1. The highest BCUT2D eigenvalue weighted by molar-refractivity contribution is 7.99. The fourth-order valence-electron chi connectivity index (χ4n) is 1.96. The van der Waals surface area contributed by atoms with Crippen LogP contribution < -0.4 is 5.32 Å². The summed E-state index contributed by atoms with van der Waals surface area (Å²) in [7, 11) is 1.43. The summed E-state index contributed by atoms with van der Waals surface area (Å²) < 4.78 is 10.0. The van der Waals surface area contributed by atoms with E-state index >= 15 is 0 Å². The van der Waals surface area contributed by atoms with Gasteiger partial charge < -0.3 is 14.8 Å². The van der Waals surface area contributed by atoms with Crippen LogP contribution in [0.1, 0.15) is 19.8 Å². The number of esters is 1. The number of hydrogen-bond donors (Lipinski definition) is 1. The standard InChI is InChI=1S/C12H23NO3S/c1-3-13-11(10-4-6-16-8-10)9-17-7-5-12(14)15-2/h10-11,13H,3-9H2,1-2H3. The molecule has 0 spiro atoms. The lowest BCUT2D eigenvalue weighted by Crippen LogP contribution is -2.38. The van der Waals surface area contributed by atoms with E-state index in [2.05, 4.69) is 17.0 Å². The second-order valence-corrected chi connectivity index (χ2v) is 5.34. The van der Waals surface area contributed by atoms with Crippen LogP contribution in [0.15, 0.2) is 0 Å². The van der Waals surface area contributed by atoms with E-state index in [-0.39, 0.29) is 5.97 Å². The Morgan fingerprint density at radius 1 is 1.65 bits per heavy atom. The Balaban J connectivity index is 2.17. The van der Waals surface area contributed by atoms with Crippen molar-refractivity contribution in [3.8, 4) is 0 Å². The molecule has 0 radical (unpaired) electrons. The van der Waals surface area contributed by atoms with Gasteiger partial charge in [0.05, 0.1) is 20.1 Å². The van der Waals surface area contributed by atoms with Crippen LogP contribution in [0.3, 0.4) is 0 Å². The minimum Gasteiger partial charge on any atom is -0.469 e. The minimum atomic E-state index is -0.123. The zero-order valence-corrected chi connectivity index (χ0v) is 11.6. The predicted octanol–water partition coefficient (Wildman–Crippen LogP) is 1.30. The fourth-order valence-corrected chi connectivity index (χ4v) is 3.08. The number of rotatable bonds is 8. The van der Waals surface area contributed by atoms with Crippen molar-refractivity contribution in [1.29, 1.82) is 0 Å². The normalized spacial score (nSPS) is 21.4. The maximum absolute atomic E-state index is 11.0. The van der Waals surface area contributed by atoms with Gasteiger partial charge in [0, 0.05) is 30.1 Å². The monoisotopic (exact) mass is 261 g/mol. The van der Waals surface area contributed by atoms with Crippen LogP contribution in [0.25, 0.3) is 0 Å². The highest BCUT2D eigenvalue weighted by atomic mass is 32.2. The molecule has 1 N–H and O–H groups in total. The average molecular weight is 261 g/mol. The van der Waals surface area contributed by atoms with E-state index in [1.807, 2.05) is 11.8 Å². The van der Waals surface area contributed by atoms with Gasteiger partial charge >= 0.3 is 5.97 Å². The first-order chi connectivity index (χ1) is 8.27. The van der Waals surface area contributed by atoms with Crippen LogP contribution in [0.4, 0.5) is 0 Å². The van der Waals surface area contributed by atoms with Crippen LogP contribution >= 0.6 is 11.8 Å². The highest BCUT2D eigenvalue weighted by Gasteiger charge is 2.24. The molecule has 0 saturated carbocycles. The van der Waals surface area contributed by atoms with E-state index in [0.717, 1.165) is 37.7 Å². The maximum Gasteiger partial charge on any atom is 0.306 e. The minimum absolute atomic E-state index is 0.123. The third kappa shape index (κ3) is 5.75. The molecule has 0 aromatic rings. The second-order valence-electron chi connectivity index (χ2n) is 4.19. The maximum atomic E-state index is 11.0. The van der Waals surface area contributed by atoms with Crippen molar-refractivity contribution in [2.45, 2.75) is 25.8 Å². The van der Waals surface area contributed by atoms with Crippen molar-refractivity contribution < 1.29 is 14.3 Å². The van der Waals surface area contributed by atoms with Gasteiger partial charge in [-0.15, -0.1) is 0 Å². The first-order valence-corrected chi connectivity index (χ1v) is 7.39. The van der Waals surface area contributed by atoms with Crippen molar-refractivity contribution in [3.63, 3.8) is 0 Å². The van der Waals surface area contributed by atoms with Crippen LogP contribution in [-0.4, -0.2) is 50.4 Å². The molecule has 2 unspecified atom stereocenters. The van der Waals surface area contributed by atoms with Crippen molar-refractivity contribution in [2.24, 2.45) is 5.92 Å². The van der Waals surface area contributed by atoms with Crippen LogP contribution in [0, 0.1) is 5.92 Å². The molecule has 5 heteroatoms. The van der Waals surface area contributed by atoms with Crippen molar-refractivity contribution in [1.82, 2.24) is 5.32 Å². The summed E-state index contributed by atoms with van der Waals surface area (Å²) >= 11 is 1.81. The van der Waals surface area contributed by atoms with E-state index < -0.39 is 0 Å². The van der Waals surface area contributed by atoms with Gasteiger partial charge in [0.25, 0.3) is 0 Å². The molecule has 1 saturated heterocycles. The van der Waals surface area contributed by atoms with Crippen LogP contribution in [-0.2, 0) is 14.3 Å². The van der Waals surface area contributed by atoms with Crippen LogP contribution in [0.2, 0.25) is 0 Å². The van der Waals surface area contributed by atoms with Gasteiger partial charge in [0.1, 0.15) is 0 Å². The highest BCUT2D eigenvalue weighted by Crippen LogP contribution is 2.20. The van der Waals surface area contributed by atoms with Gasteiger partial charge in [0.2, 0.25) is 0 Å². The molecule has 0 bridgehead atoms. The molecule has 2 atom stereocenters. The van der Waals surface area contributed by atoms with E-state index in [0.29, 0.717) is 18.4 Å². The summed E-state index contributed by atoms with van der Waals surface area (Å²) in [6.45, 7) is 4.87. The summed E-state index contributed by atoms with van der Waals surface area (Å²) in [4.78, 5) is 11.0. The Morgan fingerprint density at radius 3 is 3.06 bits per heavy atom. The first-order valence-electron chi connectivity index (χ1n) is 6.23. The molecule has 4 nitrogen and oxygen atoms in total. The molecule has 0 amide bonds. The van der Waals surface area contributed by atoms with E-state index in [9.17, 15) is 4.79 Å². The fraction of sp³-hybridized carbons (Fsp3) is 0.917. The Bertz CT molecular complexity index is 220. The smallest absolute Gasteiger partial charge is 0.306 e. The van der Waals surface area contributed by atoms with Gasteiger partial charge in [-0.3, -0.25) is 4.79 Å². The third-order valence-corrected chi connectivity index (χ3v) is 4.06. The number of thioether (sulfide) groups is 1. The third-order valence-electron chi connectivity index (χ3n) is 2.98. The number of carbonyl (C=O) groups excluding carboxylic acids is 1. The van der Waals surface area contributed by atoms with Crippen molar-refractivity contribution in [2.75, 3.05) is 38.4 Å². The number of hydrogen-bond acceptors (Lipinski definition) is 5. The van der Waals surface area contributed by atoms with Gasteiger partial charge in [-0.1, -0.05) is 6.92 Å². The molecule has 1 aliphatic rings. The largest absolute Gasteiger partial charge is 0.469 e. The molecule has 0 aromatic heterocycles. The molecule has 1 fully saturated rings. The zero-order valence-electron chi connectivity index (χ0n) is 10.7. The molecule has 1 aliphatic heterocycles. The number of carbonyl (C=O) groups is 1. The molecule has 0 aliphatic carbocycles. The van der Waals surface area contributed by atoms with E-state index in [1.54, 1.807) is 0 Å². The summed E-state index contributed by atoms with van der Waals surface area (Å²) in [5, 5.41) is 3.51. The van der Waals surface area contributed by atoms with Crippen molar-refractivity contribution >= 4 is 17.7 Å². The van der Waals surface area contributed by atoms with Gasteiger partial charge in [-0.25, -0.2) is 0 Å². The van der Waals surface area contributed by atoms with Crippen LogP contribution in [0.5, 0.6) is 0 Å². The Labute approximate surface area is 108 Å². The summed E-state index contributed by atoms with van der Waals surface area (Å²) in [5.41, 5.74) is 0. The summed E-state index contributed by atoms with van der Waals surface area (Å²) in [5.74, 6) is 2.38. The molecular weight excluding hydrogens is 238 g/mol. The lowest BCUT2D eigenvalue weighted by atomic mass is 10.0. The second kappa shape index (κ2) is 8.78. The lowest BCUT2D eigenvalue weighted by molar-refractivity contribution is -0.140. The SMILES string of the molecule is CCNC(CSCCC(=O)OC)C1CCOC1. The number of ether oxygens (including phenoxy) is 2. The Morgan fingerprint density at radius 2 is 2.47 bits per heavy atom. The molecule has 100 valence electrons. The van der Waals surface area contributed by atoms with E-state index in [4.69, 9.17) is 4.74 Å².